The van der Waals surface area contributed by atoms with Gasteiger partial charge in [-0.15, -0.1) is 22.9 Å². The Morgan fingerprint density at radius 2 is 1.90 bits per heavy atom. The van der Waals surface area contributed by atoms with Crippen molar-refractivity contribution >= 4 is 49.7 Å². The molecule has 0 aliphatic rings. The summed E-state index contributed by atoms with van der Waals surface area (Å²) in [5, 5.41) is 4.82. The smallest absolute Gasteiger partial charge is 0.261 e. The van der Waals surface area contributed by atoms with E-state index in [4.69, 9.17) is 11.6 Å². The number of carbonyl (C=O) groups excluding carboxylic acids is 1. The van der Waals surface area contributed by atoms with Gasteiger partial charge in [-0.25, -0.2) is 13.4 Å². The second-order valence-electron chi connectivity index (χ2n) is 7.01. The molecule has 1 heterocycles. The van der Waals surface area contributed by atoms with E-state index >= 15 is 0 Å². The van der Waals surface area contributed by atoms with Crippen LogP contribution in [0.5, 0.6) is 0 Å². The molecule has 3 aromatic rings. The van der Waals surface area contributed by atoms with Gasteiger partial charge in [-0.3, -0.25) is 9.52 Å². The van der Waals surface area contributed by atoms with Crippen molar-refractivity contribution in [2.24, 2.45) is 0 Å². The molecule has 6 nitrogen and oxygen atoms in total. The van der Waals surface area contributed by atoms with Crippen LogP contribution in [-0.4, -0.2) is 25.2 Å². The molecule has 2 aromatic carbocycles. The van der Waals surface area contributed by atoms with Crippen LogP contribution in [0.1, 0.15) is 31.7 Å². The molecular formula is C22H24ClN3O3S2. The number of aryl methyl sites for hydroxylation is 1. The number of carbonyl (C=O) groups is 1. The molecule has 0 radical (unpaired) electrons. The number of sulfonamides is 1. The summed E-state index contributed by atoms with van der Waals surface area (Å²) in [6, 6.07) is 14.0. The van der Waals surface area contributed by atoms with Crippen LogP contribution in [0.3, 0.4) is 0 Å². The Labute approximate surface area is 191 Å². The fourth-order valence-electron chi connectivity index (χ4n) is 2.99. The lowest BCUT2D eigenvalue weighted by Gasteiger charge is -2.10. The third-order valence-corrected chi connectivity index (χ3v) is 6.98. The van der Waals surface area contributed by atoms with Crippen molar-refractivity contribution in [3.8, 4) is 11.3 Å². The summed E-state index contributed by atoms with van der Waals surface area (Å²) < 4.78 is 28.2. The number of aromatic nitrogens is 1. The molecule has 9 heteroatoms. The molecule has 1 amide bonds. The van der Waals surface area contributed by atoms with Gasteiger partial charge in [0.15, 0.2) is 5.13 Å². The molecule has 0 fully saturated rings. The monoisotopic (exact) mass is 477 g/mol. The Bertz CT molecular complexity index is 1130. The maximum Gasteiger partial charge on any atom is 0.261 e. The number of thiazole rings is 1. The molecule has 0 saturated carbocycles. The van der Waals surface area contributed by atoms with Crippen molar-refractivity contribution in [2.75, 3.05) is 15.9 Å². The molecule has 31 heavy (non-hydrogen) atoms. The number of nitrogens with zero attached hydrogens (tertiary/aromatic N) is 1. The van der Waals surface area contributed by atoms with Gasteiger partial charge in [-0.05, 0) is 42.7 Å². The first kappa shape index (κ1) is 23.2. The number of halogens is 1. The van der Waals surface area contributed by atoms with Gasteiger partial charge in [0.1, 0.15) is 5.88 Å². The standard InChI is InChI=1S/C22H24ClN3O3S2/c1-2-3-4-6-16-9-11-19(12-10-16)31(28,29)26-18-8-5-7-17(13-18)20-15-30-22(24-20)25-21(27)14-23/h5,7-13,15,26H,2-4,6,14H2,1H3,(H,24,25,27). The van der Waals surface area contributed by atoms with Crippen molar-refractivity contribution in [2.45, 2.75) is 37.5 Å². The number of amides is 1. The van der Waals surface area contributed by atoms with Crippen LogP contribution in [0.15, 0.2) is 58.8 Å². The van der Waals surface area contributed by atoms with E-state index in [1.807, 2.05) is 18.2 Å². The summed E-state index contributed by atoms with van der Waals surface area (Å²) in [5.74, 6) is -0.480. The Hall–Kier alpha value is -2.42. The van der Waals surface area contributed by atoms with Gasteiger partial charge < -0.3 is 5.32 Å². The first-order chi connectivity index (χ1) is 14.9. The van der Waals surface area contributed by atoms with Gasteiger partial charge in [0.05, 0.1) is 10.6 Å². The predicted molar refractivity (Wildman–Crippen MR) is 127 cm³/mol. The third-order valence-electron chi connectivity index (χ3n) is 4.59. The molecule has 0 saturated heterocycles. The maximum atomic E-state index is 12.8. The van der Waals surface area contributed by atoms with E-state index in [0.717, 1.165) is 36.8 Å². The molecule has 2 N–H and O–H groups in total. The van der Waals surface area contributed by atoms with Crippen molar-refractivity contribution in [3.63, 3.8) is 0 Å². The highest BCUT2D eigenvalue weighted by atomic mass is 35.5. The van der Waals surface area contributed by atoms with Gasteiger partial charge in [-0.1, -0.05) is 44.0 Å². The van der Waals surface area contributed by atoms with Gasteiger partial charge in [-0.2, -0.15) is 0 Å². The molecule has 0 aliphatic heterocycles. The summed E-state index contributed by atoms with van der Waals surface area (Å²) in [6.07, 6.45) is 4.36. The molecule has 0 spiro atoms. The lowest BCUT2D eigenvalue weighted by molar-refractivity contribution is -0.113. The van der Waals surface area contributed by atoms with Crippen molar-refractivity contribution in [1.29, 1.82) is 0 Å². The first-order valence-corrected chi connectivity index (χ1v) is 12.8. The zero-order chi connectivity index (χ0) is 22.3. The molecule has 0 aliphatic carbocycles. The number of benzene rings is 2. The average Bonchev–Trinajstić information content (AvgIpc) is 3.22. The Kier molecular flexibility index (Phi) is 8.06. The number of hydrogen-bond acceptors (Lipinski definition) is 5. The van der Waals surface area contributed by atoms with Crippen molar-refractivity contribution in [1.82, 2.24) is 4.98 Å². The number of alkyl halides is 1. The Morgan fingerprint density at radius 1 is 1.13 bits per heavy atom. The third kappa shape index (κ3) is 6.53. The fourth-order valence-corrected chi connectivity index (χ4v) is 4.84. The number of unbranched alkanes of at least 4 members (excludes halogenated alkanes) is 2. The zero-order valence-electron chi connectivity index (χ0n) is 17.1. The van der Waals surface area contributed by atoms with Crippen LogP contribution in [0, 0.1) is 0 Å². The van der Waals surface area contributed by atoms with E-state index in [2.05, 4.69) is 21.9 Å². The largest absolute Gasteiger partial charge is 0.301 e. The van der Waals surface area contributed by atoms with Crippen molar-refractivity contribution in [3.05, 3.63) is 59.5 Å². The molecule has 164 valence electrons. The second-order valence-corrected chi connectivity index (χ2v) is 9.81. The van der Waals surface area contributed by atoms with Gasteiger partial charge >= 0.3 is 0 Å². The molecule has 0 unspecified atom stereocenters. The quantitative estimate of drug-likeness (QED) is 0.297. The highest BCUT2D eigenvalue weighted by molar-refractivity contribution is 7.92. The first-order valence-electron chi connectivity index (χ1n) is 9.95. The topological polar surface area (TPSA) is 88.2 Å². The van der Waals surface area contributed by atoms with Crippen LogP contribution < -0.4 is 10.0 Å². The lowest BCUT2D eigenvalue weighted by atomic mass is 10.1. The van der Waals surface area contributed by atoms with E-state index < -0.39 is 10.0 Å². The number of rotatable bonds is 10. The minimum Gasteiger partial charge on any atom is -0.301 e. The fraction of sp³-hybridized carbons (Fsp3) is 0.273. The van der Waals surface area contributed by atoms with E-state index in [-0.39, 0.29) is 16.7 Å². The van der Waals surface area contributed by atoms with Gasteiger partial charge in [0, 0.05) is 16.6 Å². The predicted octanol–water partition coefficient (Wildman–Crippen LogP) is 5.52. The zero-order valence-corrected chi connectivity index (χ0v) is 19.5. The van der Waals surface area contributed by atoms with Gasteiger partial charge in [0.2, 0.25) is 5.91 Å². The maximum absolute atomic E-state index is 12.8. The molecular weight excluding hydrogens is 454 g/mol. The van der Waals surface area contributed by atoms with E-state index in [0.29, 0.717) is 16.5 Å². The second kappa shape index (κ2) is 10.7. The highest BCUT2D eigenvalue weighted by Crippen LogP contribution is 2.28. The normalized spacial score (nSPS) is 11.3. The van der Waals surface area contributed by atoms with Gasteiger partial charge in [0.25, 0.3) is 10.0 Å². The summed E-state index contributed by atoms with van der Waals surface area (Å²) in [5.41, 5.74) is 2.93. The van der Waals surface area contributed by atoms with Crippen LogP contribution in [-0.2, 0) is 21.2 Å². The van der Waals surface area contributed by atoms with Crippen molar-refractivity contribution < 1.29 is 13.2 Å². The highest BCUT2D eigenvalue weighted by Gasteiger charge is 2.15. The minimum atomic E-state index is -3.71. The molecule has 1 aromatic heterocycles. The van der Waals surface area contributed by atoms with E-state index in [9.17, 15) is 13.2 Å². The van der Waals surface area contributed by atoms with Crippen LogP contribution in [0.25, 0.3) is 11.3 Å². The minimum absolute atomic E-state index is 0.147. The number of nitrogens with one attached hydrogen (secondary N) is 2. The lowest BCUT2D eigenvalue weighted by Crippen LogP contribution is -2.13. The SMILES string of the molecule is CCCCCc1ccc(S(=O)(=O)Nc2cccc(-c3csc(NC(=O)CCl)n3)c2)cc1. The van der Waals surface area contributed by atoms with E-state index in [1.54, 1.807) is 35.7 Å². The molecule has 0 bridgehead atoms. The molecule has 0 atom stereocenters. The number of hydrogen-bond donors (Lipinski definition) is 2. The summed E-state index contributed by atoms with van der Waals surface area (Å²) in [7, 11) is -3.71. The van der Waals surface area contributed by atoms with E-state index in [1.165, 1.54) is 11.3 Å². The van der Waals surface area contributed by atoms with Crippen LogP contribution in [0.4, 0.5) is 10.8 Å². The summed E-state index contributed by atoms with van der Waals surface area (Å²) in [6.45, 7) is 2.16. The summed E-state index contributed by atoms with van der Waals surface area (Å²) >= 11 is 6.77. The molecule has 3 rings (SSSR count). The van der Waals surface area contributed by atoms with Crippen LogP contribution >= 0.6 is 22.9 Å². The number of anilines is 2. The summed E-state index contributed by atoms with van der Waals surface area (Å²) in [4.78, 5) is 16.0. The Morgan fingerprint density at radius 3 is 2.61 bits per heavy atom. The Balaban J connectivity index is 1.72. The van der Waals surface area contributed by atoms with Crippen LogP contribution in [0.2, 0.25) is 0 Å². The average molecular weight is 478 g/mol.